The van der Waals surface area contributed by atoms with Crippen LogP contribution in [0.25, 0.3) is 0 Å². The molecule has 0 radical (unpaired) electrons. The van der Waals surface area contributed by atoms with Crippen molar-refractivity contribution in [1.82, 2.24) is 0 Å². The number of ketones is 1. The minimum Gasteiger partial charge on any atom is -0.289 e. The third-order valence-corrected chi connectivity index (χ3v) is 4.40. The first kappa shape index (κ1) is 13.9. The Bertz CT molecular complexity index is 713. The minimum absolute atomic E-state index is 0.125. The molecule has 0 saturated heterocycles. The fraction of sp³-hybridized carbons (Fsp3) is 0.0769. The molecule has 1 aromatic carbocycles. The molecule has 19 heavy (non-hydrogen) atoms. The molecule has 2 rings (SSSR count). The predicted octanol–water partition coefficient (Wildman–Crippen LogP) is 2.54. The van der Waals surface area contributed by atoms with Gasteiger partial charge in [-0.2, -0.15) is 12.8 Å². The number of hydrogen-bond acceptors (Lipinski definition) is 3. The Kier molecular flexibility index (Phi) is 3.82. The molecule has 6 heteroatoms. The van der Waals surface area contributed by atoms with Gasteiger partial charge in [0, 0.05) is 0 Å². The van der Waals surface area contributed by atoms with E-state index >= 15 is 0 Å². The summed E-state index contributed by atoms with van der Waals surface area (Å²) in [6.45, 7) is 1.87. The SMILES string of the molecule is Cc1ccc(S(=O)(=O)/N=C2/C=CC(=O)C(Br)=C2)cc1. The molecule has 0 saturated carbocycles. The van der Waals surface area contributed by atoms with E-state index in [9.17, 15) is 13.2 Å². The molecule has 1 aromatic rings. The molecule has 0 spiro atoms. The highest BCUT2D eigenvalue weighted by atomic mass is 79.9. The number of hydrogen-bond donors (Lipinski definition) is 0. The first-order chi connectivity index (χ1) is 8.88. The van der Waals surface area contributed by atoms with Crippen molar-refractivity contribution in [3.8, 4) is 0 Å². The van der Waals surface area contributed by atoms with Crippen molar-refractivity contribution in [2.24, 2.45) is 4.40 Å². The lowest BCUT2D eigenvalue weighted by molar-refractivity contribution is -0.110. The van der Waals surface area contributed by atoms with E-state index in [1.54, 1.807) is 12.1 Å². The van der Waals surface area contributed by atoms with E-state index in [0.717, 1.165) is 5.56 Å². The standard InChI is InChI=1S/C13H10BrNO3S/c1-9-2-5-11(6-3-9)19(17,18)15-10-4-7-13(16)12(14)8-10/h2-8H,1H3/b15-10-. The van der Waals surface area contributed by atoms with Crippen molar-refractivity contribution in [3.05, 3.63) is 52.5 Å². The number of benzene rings is 1. The second-order valence-electron chi connectivity index (χ2n) is 3.99. The number of sulfonamides is 1. The molecule has 0 aliphatic heterocycles. The molecule has 0 amide bonds. The fourth-order valence-electron chi connectivity index (χ4n) is 1.45. The van der Waals surface area contributed by atoms with Crippen LogP contribution in [0.1, 0.15) is 5.56 Å². The first-order valence-electron chi connectivity index (χ1n) is 5.40. The zero-order valence-electron chi connectivity index (χ0n) is 10.00. The summed E-state index contributed by atoms with van der Waals surface area (Å²) in [5.41, 5.74) is 1.18. The van der Waals surface area contributed by atoms with Gasteiger partial charge >= 0.3 is 0 Å². The highest BCUT2D eigenvalue weighted by Crippen LogP contribution is 2.17. The van der Waals surface area contributed by atoms with Crippen molar-refractivity contribution >= 4 is 37.4 Å². The van der Waals surface area contributed by atoms with Crippen LogP contribution in [-0.2, 0) is 14.8 Å². The molecule has 0 heterocycles. The average Bonchev–Trinajstić information content (AvgIpc) is 2.34. The highest BCUT2D eigenvalue weighted by Gasteiger charge is 2.15. The summed E-state index contributed by atoms with van der Waals surface area (Å²) >= 11 is 3.05. The molecule has 0 atom stereocenters. The van der Waals surface area contributed by atoms with Crippen LogP contribution in [0.4, 0.5) is 0 Å². The number of aryl methyl sites for hydroxylation is 1. The minimum atomic E-state index is -3.76. The Hall–Kier alpha value is -1.53. The lowest BCUT2D eigenvalue weighted by atomic mass is 10.2. The van der Waals surface area contributed by atoms with Crippen LogP contribution < -0.4 is 0 Å². The van der Waals surface area contributed by atoms with Gasteiger partial charge in [0.2, 0.25) is 0 Å². The van der Waals surface area contributed by atoms with Crippen LogP contribution in [-0.4, -0.2) is 19.9 Å². The third kappa shape index (κ3) is 3.27. The molecule has 98 valence electrons. The van der Waals surface area contributed by atoms with Gasteiger partial charge in [-0.05, 0) is 53.2 Å². The van der Waals surface area contributed by atoms with Gasteiger partial charge < -0.3 is 0 Å². The summed E-state index contributed by atoms with van der Waals surface area (Å²) in [6, 6.07) is 6.43. The third-order valence-electron chi connectivity index (χ3n) is 2.46. The number of rotatable bonds is 2. The summed E-state index contributed by atoms with van der Waals surface area (Å²) in [5, 5.41) is 0. The first-order valence-corrected chi connectivity index (χ1v) is 7.63. The Morgan fingerprint density at radius 1 is 1.11 bits per heavy atom. The van der Waals surface area contributed by atoms with Crippen LogP contribution in [0.2, 0.25) is 0 Å². The van der Waals surface area contributed by atoms with Crippen molar-refractivity contribution in [3.63, 3.8) is 0 Å². The Morgan fingerprint density at radius 2 is 1.74 bits per heavy atom. The van der Waals surface area contributed by atoms with Crippen molar-refractivity contribution in [2.45, 2.75) is 11.8 Å². The van der Waals surface area contributed by atoms with Crippen LogP contribution in [0.15, 0.2) is 56.3 Å². The van der Waals surface area contributed by atoms with Gasteiger partial charge in [0.25, 0.3) is 10.0 Å². The molecule has 1 aliphatic rings. The van der Waals surface area contributed by atoms with Gasteiger partial charge in [0.1, 0.15) is 0 Å². The largest absolute Gasteiger partial charge is 0.289 e. The summed E-state index contributed by atoms with van der Waals surface area (Å²) in [5.74, 6) is -0.216. The normalized spacial score (nSPS) is 17.7. The van der Waals surface area contributed by atoms with E-state index in [1.807, 2.05) is 6.92 Å². The smallest absolute Gasteiger partial charge is 0.282 e. The molecule has 0 aromatic heterocycles. The second-order valence-corrected chi connectivity index (χ2v) is 6.45. The maximum atomic E-state index is 12.0. The molecular formula is C13H10BrNO3S. The zero-order valence-corrected chi connectivity index (χ0v) is 12.4. The van der Waals surface area contributed by atoms with E-state index < -0.39 is 10.0 Å². The Labute approximate surface area is 119 Å². The number of nitrogens with zero attached hydrogens (tertiary/aromatic N) is 1. The van der Waals surface area contributed by atoms with Gasteiger partial charge in [-0.3, -0.25) is 4.79 Å². The molecule has 0 unspecified atom stereocenters. The quantitative estimate of drug-likeness (QED) is 0.777. The Morgan fingerprint density at radius 3 is 2.32 bits per heavy atom. The predicted molar refractivity (Wildman–Crippen MR) is 77.0 cm³/mol. The molecule has 0 fully saturated rings. The number of carbonyl (C=O) groups is 1. The van der Waals surface area contributed by atoms with Crippen LogP contribution in [0.3, 0.4) is 0 Å². The second kappa shape index (κ2) is 5.22. The lowest BCUT2D eigenvalue weighted by Gasteiger charge is -2.04. The number of carbonyl (C=O) groups excluding carboxylic acids is 1. The van der Waals surface area contributed by atoms with E-state index in [1.165, 1.54) is 30.4 Å². The number of allylic oxidation sites excluding steroid dienone is 4. The van der Waals surface area contributed by atoms with E-state index in [4.69, 9.17) is 0 Å². The average molecular weight is 340 g/mol. The summed E-state index contributed by atoms with van der Waals surface area (Å²) in [4.78, 5) is 11.3. The van der Waals surface area contributed by atoms with Crippen molar-refractivity contribution in [1.29, 1.82) is 0 Å². The van der Waals surface area contributed by atoms with Gasteiger partial charge in [-0.15, -0.1) is 0 Å². The van der Waals surface area contributed by atoms with Crippen molar-refractivity contribution < 1.29 is 13.2 Å². The van der Waals surface area contributed by atoms with Gasteiger partial charge in [0.15, 0.2) is 5.78 Å². The fourth-order valence-corrected chi connectivity index (χ4v) is 2.79. The molecular weight excluding hydrogens is 330 g/mol. The summed E-state index contributed by atoms with van der Waals surface area (Å²) < 4.78 is 28.1. The highest BCUT2D eigenvalue weighted by molar-refractivity contribution is 9.12. The van der Waals surface area contributed by atoms with Crippen LogP contribution in [0, 0.1) is 6.92 Å². The zero-order chi connectivity index (χ0) is 14.0. The lowest BCUT2D eigenvalue weighted by Crippen LogP contribution is -2.07. The van der Waals surface area contributed by atoms with E-state index in [2.05, 4.69) is 20.3 Å². The monoisotopic (exact) mass is 339 g/mol. The van der Waals surface area contributed by atoms with Crippen molar-refractivity contribution in [2.75, 3.05) is 0 Å². The molecule has 0 N–H and O–H groups in total. The summed E-state index contributed by atoms with van der Waals surface area (Å²) in [6.07, 6.45) is 4.03. The van der Waals surface area contributed by atoms with Crippen LogP contribution in [0.5, 0.6) is 0 Å². The van der Waals surface area contributed by atoms with Gasteiger partial charge in [0.05, 0.1) is 15.1 Å². The summed E-state index contributed by atoms with van der Waals surface area (Å²) in [7, 11) is -3.76. The molecule has 0 bridgehead atoms. The van der Waals surface area contributed by atoms with E-state index in [0.29, 0.717) is 0 Å². The topological polar surface area (TPSA) is 63.6 Å². The maximum absolute atomic E-state index is 12.0. The van der Waals surface area contributed by atoms with Gasteiger partial charge in [-0.1, -0.05) is 17.7 Å². The van der Waals surface area contributed by atoms with Crippen LogP contribution >= 0.6 is 15.9 Å². The number of halogens is 1. The maximum Gasteiger partial charge on any atom is 0.282 e. The van der Waals surface area contributed by atoms with E-state index in [-0.39, 0.29) is 20.9 Å². The molecule has 4 nitrogen and oxygen atoms in total. The Balaban J connectivity index is 2.40. The van der Waals surface area contributed by atoms with Gasteiger partial charge in [-0.25, -0.2) is 0 Å². The molecule has 1 aliphatic carbocycles.